The molecular formula is C13H18ClF3N2O. The molecule has 1 aromatic rings. The van der Waals surface area contributed by atoms with Gasteiger partial charge in [0.2, 0.25) is 5.88 Å². The lowest BCUT2D eigenvalue weighted by molar-refractivity contribution is -0.139. The van der Waals surface area contributed by atoms with E-state index in [-0.39, 0.29) is 11.4 Å². The average Bonchev–Trinajstić information content (AvgIpc) is 2.27. The van der Waals surface area contributed by atoms with E-state index in [1.54, 1.807) is 6.07 Å². The standard InChI is InChI=1S/C13H18ClF3N2O/c1-12(2,3)18-8-10-9(14)4-5-11(19-10)20-7-6-13(15,16)17/h4-5,18H,6-8H2,1-3H3. The van der Waals surface area contributed by atoms with Gasteiger partial charge in [0.1, 0.15) is 0 Å². The summed E-state index contributed by atoms with van der Waals surface area (Å²) in [5.41, 5.74) is 0.434. The lowest BCUT2D eigenvalue weighted by Crippen LogP contribution is -2.35. The second kappa shape index (κ2) is 6.63. The van der Waals surface area contributed by atoms with Gasteiger partial charge in [-0.15, -0.1) is 0 Å². The minimum atomic E-state index is -4.23. The maximum atomic E-state index is 12.0. The van der Waals surface area contributed by atoms with Gasteiger partial charge in [0.05, 0.1) is 23.7 Å². The number of rotatable bonds is 5. The van der Waals surface area contributed by atoms with Gasteiger partial charge < -0.3 is 10.1 Å². The summed E-state index contributed by atoms with van der Waals surface area (Å²) >= 11 is 5.99. The van der Waals surface area contributed by atoms with Gasteiger partial charge in [0, 0.05) is 18.2 Å². The van der Waals surface area contributed by atoms with Crippen molar-refractivity contribution in [3.63, 3.8) is 0 Å². The van der Waals surface area contributed by atoms with Crippen molar-refractivity contribution in [1.82, 2.24) is 10.3 Å². The Morgan fingerprint density at radius 3 is 2.45 bits per heavy atom. The second-order valence-electron chi connectivity index (χ2n) is 5.40. The van der Waals surface area contributed by atoms with Crippen LogP contribution in [0.1, 0.15) is 32.9 Å². The highest BCUT2D eigenvalue weighted by Gasteiger charge is 2.27. The molecule has 1 aromatic heterocycles. The number of hydrogen-bond acceptors (Lipinski definition) is 3. The fourth-order valence-electron chi connectivity index (χ4n) is 1.29. The average molecular weight is 311 g/mol. The Labute approximate surface area is 121 Å². The van der Waals surface area contributed by atoms with E-state index in [0.29, 0.717) is 17.3 Å². The summed E-state index contributed by atoms with van der Waals surface area (Å²) < 4.78 is 41.1. The van der Waals surface area contributed by atoms with Crippen LogP contribution in [0.3, 0.4) is 0 Å². The van der Waals surface area contributed by atoms with Crippen LogP contribution in [0.4, 0.5) is 13.2 Å². The van der Waals surface area contributed by atoms with E-state index in [4.69, 9.17) is 16.3 Å². The van der Waals surface area contributed by atoms with Gasteiger partial charge in [-0.05, 0) is 26.8 Å². The molecule has 3 nitrogen and oxygen atoms in total. The second-order valence-corrected chi connectivity index (χ2v) is 5.80. The SMILES string of the molecule is CC(C)(C)NCc1nc(OCCC(F)(F)F)ccc1Cl. The molecule has 114 valence electrons. The van der Waals surface area contributed by atoms with E-state index in [0.717, 1.165) is 0 Å². The van der Waals surface area contributed by atoms with Crippen LogP contribution in [0.5, 0.6) is 5.88 Å². The van der Waals surface area contributed by atoms with Crippen LogP contribution in [0, 0.1) is 0 Å². The van der Waals surface area contributed by atoms with Gasteiger partial charge >= 0.3 is 6.18 Å². The molecule has 0 unspecified atom stereocenters. The number of nitrogens with zero attached hydrogens (tertiary/aromatic N) is 1. The zero-order valence-corrected chi connectivity index (χ0v) is 12.4. The lowest BCUT2D eigenvalue weighted by Gasteiger charge is -2.20. The topological polar surface area (TPSA) is 34.2 Å². The van der Waals surface area contributed by atoms with E-state index in [1.165, 1.54) is 6.07 Å². The normalized spacial score (nSPS) is 12.6. The van der Waals surface area contributed by atoms with E-state index >= 15 is 0 Å². The Kier molecular flexibility index (Phi) is 5.65. The van der Waals surface area contributed by atoms with Gasteiger partial charge in [-0.3, -0.25) is 0 Å². The zero-order valence-electron chi connectivity index (χ0n) is 11.6. The highest BCUT2D eigenvalue weighted by Crippen LogP contribution is 2.22. The molecule has 0 atom stereocenters. The summed E-state index contributed by atoms with van der Waals surface area (Å²) in [5.74, 6) is 0.143. The number of nitrogens with one attached hydrogen (secondary N) is 1. The molecule has 0 amide bonds. The molecule has 0 spiro atoms. The summed E-state index contributed by atoms with van der Waals surface area (Å²) in [5, 5.41) is 3.65. The Hall–Kier alpha value is -1.01. The Morgan fingerprint density at radius 2 is 1.90 bits per heavy atom. The fourth-order valence-corrected chi connectivity index (χ4v) is 1.46. The van der Waals surface area contributed by atoms with Crippen LogP contribution in [0.25, 0.3) is 0 Å². The van der Waals surface area contributed by atoms with E-state index in [2.05, 4.69) is 10.3 Å². The van der Waals surface area contributed by atoms with E-state index in [9.17, 15) is 13.2 Å². The molecule has 0 aliphatic heterocycles. The first kappa shape index (κ1) is 17.0. The van der Waals surface area contributed by atoms with Gasteiger partial charge in [-0.2, -0.15) is 13.2 Å². The van der Waals surface area contributed by atoms with Crippen molar-refractivity contribution in [2.45, 2.75) is 45.5 Å². The maximum Gasteiger partial charge on any atom is 0.392 e. The van der Waals surface area contributed by atoms with Crippen LogP contribution in [0.2, 0.25) is 5.02 Å². The molecule has 20 heavy (non-hydrogen) atoms. The van der Waals surface area contributed by atoms with Crippen molar-refractivity contribution in [3.8, 4) is 5.88 Å². The molecule has 0 aliphatic carbocycles. The number of pyridine rings is 1. The van der Waals surface area contributed by atoms with Crippen molar-refractivity contribution >= 4 is 11.6 Å². The van der Waals surface area contributed by atoms with Crippen LogP contribution >= 0.6 is 11.6 Å². The molecule has 0 aliphatic rings. The van der Waals surface area contributed by atoms with Crippen LogP contribution in [-0.4, -0.2) is 23.3 Å². The van der Waals surface area contributed by atoms with Crippen molar-refractivity contribution in [3.05, 3.63) is 22.8 Å². The smallest absolute Gasteiger partial charge is 0.392 e. The predicted molar refractivity (Wildman–Crippen MR) is 72.0 cm³/mol. The predicted octanol–water partition coefficient (Wildman–Crippen LogP) is 3.95. The summed E-state index contributed by atoms with van der Waals surface area (Å²) in [6, 6.07) is 3.02. The minimum Gasteiger partial charge on any atom is -0.477 e. The summed E-state index contributed by atoms with van der Waals surface area (Å²) in [7, 11) is 0. The van der Waals surface area contributed by atoms with E-state index < -0.39 is 19.2 Å². The summed E-state index contributed by atoms with van der Waals surface area (Å²) in [4.78, 5) is 4.11. The molecule has 1 heterocycles. The highest BCUT2D eigenvalue weighted by molar-refractivity contribution is 6.31. The summed E-state index contributed by atoms with van der Waals surface area (Å²) in [6.07, 6.45) is -5.24. The number of hydrogen-bond donors (Lipinski definition) is 1. The van der Waals surface area contributed by atoms with E-state index in [1.807, 2.05) is 20.8 Å². The lowest BCUT2D eigenvalue weighted by atomic mass is 10.1. The molecule has 7 heteroatoms. The maximum absolute atomic E-state index is 12.0. The van der Waals surface area contributed by atoms with Crippen molar-refractivity contribution in [2.75, 3.05) is 6.61 Å². The Balaban J connectivity index is 2.62. The molecule has 0 bridgehead atoms. The number of halogens is 4. The van der Waals surface area contributed by atoms with Crippen LogP contribution in [-0.2, 0) is 6.54 Å². The first-order chi connectivity index (χ1) is 9.07. The number of aromatic nitrogens is 1. The summed E-state index contributed by atoms with van der Waals surface area (Å²) in [6.45, 7) is 5.93. The van der Waals surface area contributed by atoms with Gasteiger partial charge in [0.25, 0.3) is 0 Å². The molecule has 0 radical (unpaired) electrons. The molecule has 0 aromatic carbocycles. The molecular weight excluding hydrogens is 293 g/mol. The minimum absolute atomic E-state index is 0.113. The van der Waals surface area contributed by atoms with Gasteiger partial charge in [-0.1, -0.05) is 11.6 Å². The Bertz CT molecular complexity index is 444. The molecule has 0 saturated heterocycles. The monoisotopic (exact) mass is 310 g/mol. The molecule has 1 N–H and O–H groups in total. The first-order valence-corrected chi connectivity index (χ1v) is 6.55. The molecule has 0 fully saturated rings. The third-order valence-corrected chi connectivity index (χ3v) is 2.66. The quantitative estimate of drug-likeness (QED) is 0.894. The van der Waals surface area contributed by atoms with Crippen molar-refractivity contribution in [1.29, 1.82) is 0 Å². The third kappa shape index (κ3) is 6.96. The van der Waals surface area contributed by atoms with Gasteiger partial charge in [-0.25, -0.2) is 4.98 Å². The third-order valence-electron chi connectivity index (χ3n) is 2.31. The highest BCUT2D eigenvalue weighted by atomic mass is 35.5. The first-order valence-electron chi connectivity index (χ1n) is 6.17. The molecule has 1 rings (SSSR count). The van der Waals surface area contributed by atoms with Crippen molar-refractivity contribution < 1.29 is 17.9 Å². The Morgan fingerprint density at radius 1 is 1.25 bits per heavy atom. The largest absolute Gasteiger partial charge is 0.477 e. The van der Waals surface area contributed by atoms with Crippen LogP contribution in [0.15, 0.2) is 12.1 Å². The van der Waals surface area contributed by atoms with Crippen LogP contribution < -0.4 is 10.1 Å². The number of ether oxygens (including phenoxy) is 1. The fraction of sp³-hybridized carbons (Fsp3) is 0.615. The zero-order chi connectivity index (χ0) is 15.4. The molecule has 0 saturated carbocycles. The number of alkyl halides is 3. The van der Waals surface area contributed by atoms with Crippen molar-refractivity contribution in [2.24, 2.45) is 0 Å². The van der Waals surface area contributed by atoms with Gasteiger partial charge in [0.15, 0.2) is 0 Å².